The van der Waals surface area contributed by atoms with Crippen LogP contribution in [0.5, 0.6) is 0 Å². The highest BCUT2D eigenvalue weighted by molar-refractivity contribution is 5.39. The van der Waals surface area contributed by atoms with E-state index in [9.17, 15) is 0 Å². The van der Waals surface area contributed by atoms with Crippen molar-refractivity contribution in [3.8, 4) is 0 Å². The molecule has 1 aromatic rings. The fraction of sp³-hybridized carbons (Fsp3) is 0.714. The van der Waals surface area contributed by atoms with Gasteiger partial charge in [-0.15, -0.1) is 0 Å². The van der Waals surface area contributed by atoms with Crippen molar-refractivity contribution in [1.82, 2.24) is 15.3 Å². The largest absolute Gasteiger partial charge is 0.341 e. The Morgan fingerprint density at radius 1 is 1.06 bits per heavy atom. The first-order chi connectivity index (χ1) is 8.88. The van der Waals surface area contributed by atoms with Gasteiger partial charge in [-0.2, -0.15) is 0 Å². The van der Waals surface area contributed by atoms with E-state index in [4.69, 9.17) is 9.97 Å². The van der Waals surface area contributed by atoms with Crippen LogP contribution in [-0.2, 0) is 19.5 Å². The van der Waals surface area contributed by atoms with E-state index in [1.807, 2.05) is 0 Å². The molecule has 0 atom stereocenters. The van der Waals surface area contributed by atoms with Gasteiger partial charge in [0.15, 0.2) is 0 Å². The summed E-state index contributed by atoms with van der Waals surface area (Å²) in [5.74, 6) is 0.969. The highest BCUT2D eigenvalue weighted by atomic mass is 15.3. The Kier molecular flexibility index (Phi) is 3.46. The molecule has 0 aliphatic carbocycles. The second kappa shape index (κ2) is 5.22. The Labute approximate surface area is 109 Å². The number of rotatable bonds is 2. The summed E-state index contributed by atoms with van der Waals surface area (Å²) in [4.78, 5) is 12.0. The van der Waals surface area contributed by atoms with Gasteiger partial charge in [-0.25, -0.2) is 9.97 Å². The molecule has 0 bridgehead atoms. The third-order valence-corrected chi connectivity index (χ3v) is 3.98. The average molecular weight is 246 g/mol. The van der Waals surface area contributed by atoms with Gasteiger partial charge in [0.25, 0.3) is 0 Å². The number of hydrogen-bond acceptors (Lipinski definition) is 4. The number of aromatic nitrogens is 2. The molecule has 98 valence electrons. The Bertz CT molecular complexity index is 422. The van der Waals surface area contributed by atoms with E-state index in [1.54, 1.807) is 0 Å². The van der Waals surface area contributed by atoms with E-state index >= 15 is 0 Å². The van der Waals surface area contributed by atoms with Crippen LogP contribution in [0, 0.1) is 0 Å². The summed E-state index contributed by atoms with van der Waals surface area (Å²) in [7, 11) is 0. The highest BCUT2D eigenvalue weighted by Crippen LogP contribution is 2.22. The van der Waals surface area contributed by atoms with Gasteiger partial charge in [0.1, 0.15) is 0 Å². The average Bonchev–Trinajstić information content (AvgIpc) is 2.71. The molecule has 4 nitrogen and oxygen atoms in total. The van der Waals surface area contributed by atoms with Crippen LogP contribution in [0.2, 0.25) is 0 Å². The molecule has 3 rings (SSSR count). The second-order valence-corrected chi connectivity index (χ2v) is 5.25. The van der Waals surface area contributed by atoms with Crippen molar-refractivity contribution in [2.24, 2.45) is 0 Å². The molecule has 1 N–H and O–H groups in total. The number of nitrogens with one attached hydrogen (secondary N) is 1. The van der Waals surface area contributed by atoms with E-state index in [2.05, 4.69) is 17.1 Å². The predicted molar refractivity (Wildman–Crippen MR) is 72.6 cm³/mol. The summed E-state index contributed by atoms with van der Waals surface area (Å²) in [6, 6.07) is 0. The molecule has 0 aromatic carbocycles. The minimum absolute atomic E-state index is 0.908. The van der Waals surface area contributed by atoms with Crippen LogP contribution >= 0.6 is 0 Å². The zero-order valence-electron chi connectivity index (χ0n) is 11.2. The standard InChI is InChI=1S/C14H22N4/c1-2-12-11-9-15-10-13(11)17-14(16-12)18-7-5-3-4-6-8-18/h15H,2-10H2,1H3. The molecular formula is C14H22N4. The molecule has 0 spiro atoms. The summed E-state index contributed by atoms with van der Waals surface area (Å²) >= 11 is 0. The van der Waals surface area contributed by atoms with Gasteiger partial charge >= 0.3 is 0 Å². The first kappa shape index (κ1) is 11.9. The smallest absolute Gasteiger partial charge is 0.225 e. The Morgan fingerprint density at radius 3 is 2.56 bits per heavy atom. The Morgan fingerprint density at radius 2 is 1.83 bits per heavy atom. The lowest BCUT2D eigenvalue weighted by Gasteiger charge is -2.21. The lowest BCUT2D eigenvalue weighted by molar-refractivity contribution is 0.726. The van der Waals surface area contributed by atoms with Crippen molar-refractivity contribution in [2.75, 3.05) is 18.0 Å². The topological polar surface area (TPSA) is 41.1 Å². The Hall–Kier alpha value is -1.16. The van der Waals surface area contributed by atoms with Gasteiger partial charge in [-0.05, 0) is 19.3 Å². The van der Waals surface area contributed by atoms with Crippen molar-refractivity contribution in [2.45, 2.75) is 52.1 Å². The lowest BCUT2D eigenvalue weighted by Crippen LogP contribution is -2.27. The van der Waals surface area contributed by atoms with Crippen molar-refractivity contribution in [3.05, 3.63) is 17.0 Å². The van der Waals surface area contributed by atoms with Gasteiger partial charge in [0.2, 0.25) is 5.95 Å². The van der Waals surface area contributed by atoms with Gasteiger partial charge in [0.05, 0.1) is 11.4 Å². The summed E-state index contributed by atoms with van der Waals surface area (Å²) in [5.41, 5.74) is 3.81. The van der Waals surface area contributed by atoms with Crippen molar-refractivity contribution < 1.29 is 0 Å². The van der Waals surface area contributed by atoms with Gasteiger partial charge in [-0.3, -0.25) is 0 Å². The molecule has 2 aliphatic rings. The van der Waals surface area contributed by atoms with Crippen LogP contribution in [0.15, 0.2) is 0 Å². The van der Waals surface area contributed by atoms with Gasteiger partial charge in [0, 0.05) is 31.7 Å². The first-order valence-corrected chi connectivity index (χ1v) is 7.23. The van der Waals surface area contributed by atoms with Crippen LogP contribution in [0.3, 0.4) is 0 Å². The van der Waals surface area contributed by atoms with E-state index in [0.29, 0.717) is 0 Å². The minimum Gasteiger partial charge on any atom is -0.341 e. The van der Waals surface area contributed by atoms with E-state index in [1.165, 1.54) is 42.6 Å². The van der Waals surface area contributed by atoms with Crippen LogP contribution < -0.4 is 10.2 Å². The molecule has 1 saturated heterocycles. The summed E-state index contributed by atoms with van der Waals surface area (Å²) in [6.45, 7) is 6.28. The zero-order chi connectivity index (χ0) is 12.4. The maximum Gasteiger partial charge on any atom is 0.225 e. The maximum atomic E-state index is 4.80. The van der Waals surface area contributed by atoms with Crippen LogP contribution in [0.25, 0.3) is 0 Å². The van der Waals surface area contributed by atoms with E-state index in [0.717, 1.165) is 38.5 Å². The number of fused-ring (bicyclic) bond motifs is 1. The van der Waals surface area contributed by atoms with Crippen molar-refractivity contribution in [3.63, 3.8) is 0 Å². The fourth-order valence-corrected chi connectivity index (χ4v) is 2.93. The molecule has 0 unspecified atom stereocenters. The van der Waals surface area contributed by atoms with Gasteiger partial charge in [-0.1, -0.05) is 19.8 Å². The van der Waals surface area contributed by atoms with Crippen molar-refractivity contribution in [1.29, 1.82) is 0 Å². The number of anilines is 1. The molecule has 1 fully saturated rings. The molecule has 0 radical (unpaired) electrons. The summed E-state index contributed by atoms with van der Waals surface area (Å²) in [5, 5.41) is 3.38. The molecular weight excluding hydrogens is 224 g/mol. The van der Waals surface area contributed by atoms with Crippen LogP contribution in [0.1, 0.15) is 49.6 Å². The molecule has 0 saturated carbocycles. The molecule has 18 heavy (non-hydrogen) atoms. The second-order valence-electron chi connectivity index (χ2n) is 5.25. The Balaban J connectivity index is 1.91. The molecule has 2 aliphatic heterocycles. The summed E-state index contributed by atoms with van der Waals surface area (Å²) in [6.07, 6.45) is 6.26. The quantitative estimate of drug-likeness (QED) is 0.867. The number of hydrogen-bond donors (Lipinski definition) is 1. The third-order valence-electron chi connectivity index (χ3n) is 3.98. The molecule has 4 heteroatoms. The SMILES string of the molecule is CCc1nc(N2CCCCCC2)nc2c1CNC2. The minimum atomic E-state index is 0.908. The lowest BCUT2D eigenvalue weighted by atomic mass is 10.1. The third kappa shape index (κ3) is 2.21. The fourth-order valence-electron chi connectivity index (χ4n) is 2.93. The van der Waals surface area contributed by atoms with Crippen molar-refractivity contribution >= 4 is 5.95 Å². The van der Waals surface area contributed by atoms with Crippen LogP contribution in [0.4, 0.5) is 5.95 Å². The number of aryl methyl sites for hydroxylation is 1. The monoisotopic (exact) mass is 246 g/mol. The summed E-state index contributed by atoms with van der Waals surface area (Å²) < 4.78 is 0. The number of nitrogens with zero attached hydrogens (tertiary/aromatic N) is 3. The van der Waals surface area contributed by atoms with Crippen LogP contribution in [-0.4, -0.2) is 23.1 Å². The maximum absolute atomic E-state index is 4.80. The predicted octanol–water partition coefficient (Wildman–Crippen LogP) is 2.02. The highest BCUT2D eigenvalue weighted by Gasteiger charge is 2.20. The van der Waals surface area contributed by atoms with E-state index in [-0.39, 0.29) is 0 Å². The molecule has 1 aromatic heterocycles. The van der Waals surface area contributed by atoms with E-state index < -0.39 is 0 Å². The molecule has 3 heterocycles. The normalized spacial score (nSPS) is 19.7. The first-order valence-electron chi connectivity index (χ1n) is 7.23. The zero-order valence-corrected chi connectivity index (χ0v) is 11.2. The van der Waals surface area contributed by atoms with Gasteiger partial charge < -0.3 is 10.2 Å². The molecule has 0 amide bonds.